The lowest BCUT2D eigenvalue weighted by Gasteiger charge is -2.11. The molecular formula is C9H18N4O. The number of rotatable bonds is 6. The number of aromatic nitrogens is 2. The van der Waals surface area contributed by atoms with Gasteiger partial charge >= 0.3 is 0 Å². The van der Waals surface area contributed by atoms with Crippen molar-refractivity contribution in [2.45, 2.75) is 26.3 Å². The van der Waals surface area contributed by atoms with Gasteiger partial charge in [-0.25, -0.2) is 0 Å². The number of nitrogens with two attached hydrogens (primary N) is 1. The molecule has 0 atom stereocenters. The van der Waals surface area contributed by atoms with E-state index in [1.165, 1.54) is 0 Å². The molecule has 5 nitrogen and oxygen atoms in total. The van der Waals surface area contributed by atoms with Gasteiger partial charge in [0.15, 0.2) is 5.82 Å². The Hall–Kier alpha value is -0.940. The van der Waals surface area contributed by atoms with E-state index >= 15 is 0 Å². The van der Waals surface area contributed by atoms with Crippen molar-refractivity contribution in [3.63, 3.8) is 0 Å². The van der Waals surface area contributed by atoms with Gasteiger partial charge in [-0.15, -0.1) is 0 Å². The lowest BCUT2D eigenvalue weighted by Crippen LogP contribution is -2.25. The van der Waals surface area contributed by atoms with Gasteiger partial charge in [-0.3, -0.25) is 4.90 Å². The molecule has 0 unspecified atom stereocenters. The van der Waals surface area contributed by atoms with Crippen molar-refractivity contribution in [2.24, 2.45) is 5.73 Å². The number of aryl methyl sites for hydroxylation is 1. The Morgan fingerprint density at radius 1 is 1.50 bits per heavy atom. The van der Waals surface area contributed by atoms with Gasteiger partial charge in [-0.1, -0.05) is 12.1 Å². The van der Waals surface area contributed by atoms with Gasteiger partial charge in [-0.2, -0.15) is 4.98 Å². The molecular weight excluding hydrogens is 180 g/mol. The van der Waals surface area contributed by atoms with Crippen LogP contribution in [0.25, 0.3) is 0 Å². The Labute approximate surface area is 84.3 Å². The minimum absolute atomic E-state index is 0.649. The molecule has 1 aromatic rings. The fraction of sp³-hybridized carbons (Fsp3) is 0.778. The number of hydrogen-bond acceptors (Lipinski definition) is 5. The van der Waals surface area contributed by atoms with Gasteiger partial charge in [0.1, 0.15) is 0 Å². The highest BCUT2D eigenvalue weighted by Crippen LogP contribution is 2.02. The zero-order valence-electron chi connectivity index (χ0n) is 8.86. The number of nitrogens with zero attached hydrogens (tertiary/aromatic N) is 3. The van der Waals surface area contributed by atoms with E-state index in [4.69, 9.17) is 10.3 Å². The van der Waals surface area contributed by atoms with Crippen LogP contribution in [0.15, 0.2) is 4.52 Å². The molecule has 0 bridgehead atoms. The zero-order chi connectivity index (χ0) is 10.4. The molecule has 1 aromatic heterocycles. The highest BCUT2D eigenvalue weighted by atomic mass is 16.5. The predicted molar refractivity (Wildman–Crippen MR) is 53.7 cm³/mol. The topological polar surface area (TPSA) is 68.2 Å². The molecule has 2 N–H and O–H groups in total. The summed E-state index contributed by atoms with van der Waals surface area (Å²) in [4.78, 5) is 6.33. The van der Waals surface area contributed by atoms with Crippen LogP contribution in [0, 0.1) is 0 Å². The summed E-state index contributed by atoms with van der Waals surface area (Å²) in [6.45, 7) is 4.28. The summed E-state index contributed by atoms with van der Waals surface area (Å²) in [5.41, 5.74) is 5.43. The molecule has 0 aliphatic rings. The maximum Gasteiger partial charge on any atom is 0.226 e. The summed E-state index contributed by atoms with van der Waals surface area (Å²) in [6, 6.07) is 0. The summed E-state index contributed by atoms with van der Waals surface area (Å²) in [7, 11) is 1.99. The largest absolute Gasteiger partial charge is 0.339 e. The fourth-order valence-electron chi connectivity index (χ4n) is 1.21. The second-order valence-electron chi connectivity index (χ2n) is 3.38. The van der Waals surface area contributed by atoms with Gasteiger partial charge < -0.3 is 10.3 Å². The van der Waals surface area contributed by atoms with E-state index in [2.05, 4.69) is 22.0 Å². The van der Waals surface area contributed by atoms with Crippen molar-refractivity contribution in [1.29, 1.82) is 0 Å². The molecule has 0 aliphatic heterocycles. The zero-order valence-corrected chi connectivity index (χ0v) is 8.86. The average Bonchev–Trinajstić information content (AvgIpc) is 2.53. The molecule has 1 heterocycles. The maximum absolute atomic E-state index is 5.43. The summed E-state index contributed by atoms with van der Waals surface area (Å²) < 4.78 is 5.07. The van der Waals surface area contributed by atoms with E-state index in [0.29, 0.717) is 13.1 Å². The number of hydrogen-bond donors (Lipinski definition) is 1. The molecule has 0 spiro atoms. The van der Waals surface area contributed by atoms with Crippen molar-refractivity contribution in [2.75, 3.05) is 20.1 Å². The van der Waals surface area contributed by atoms with Crippen LogP contribution in [0.5, 0.6) is 0 Å². The van der Waals surface area contributed by atoms with Gasteiger partial charge in [0.25, 0.3) is 0 Å². The molecule has 5 heteroatoms. The first-order valence-corrected chi connectivity index (χ1v) is 4.96. The minimum atomic E-state index is 0.649. The lowest BCUT2D eigenvalue weighted by molar-refractivity contribution is 0.313. The van der Waals surface area contributed by atoms with Crippen LogP contribution in [0.1, 0.15) is 25.1 Å². The molecule has 14 heavy (non-hydrogen) atoms. The fourth-order valence-corrected chi connectivity index (χ4v) is 1.21. The van der Waals surface area contributed by atoms with E-state index in [0.717, 1.165) is 31.1 Å². The van der Waals surface area contributed by atoms with E-state index in [1.807, 2.05) is 7.05 Å². The molecule has 0 aliphatic carbocycles. The standard InChI is InChI=1S/C9H18N4O/c1-3-4-9-11-8(12-14-9)7-13(2)6-5-10/h3-7,10H2,1-2H3. The number of likely N-dealkylation sites (N-methyl/N-ethyl adjacent to an activating group) is 1. The van der Waals surface area contributed by atoms with Crippen LogP contribution >= 0.6 is 0 Å². The van der Waals surface area contributed by atoms with Gasteiger partial charge in [-0.05, 0) is 13.5 Å². The minimum Gasteiger partial charge on any atom is -0.339 e. The van der Waals surface area contributed by atoms with Crippen LogP contribution in [-0.2, 0) is 13.0 Å². The first-order valence-electron chi connectivity index (χ1n) is 4.96. The van der Waals surface area contributed by atoms with Crippen LogP contribution in [-0.4, -0.2) is 35.2 Å². The van der Waals surface area contributed by atoms with E-state index < -0.39 is 0 Å². The van der Waals surface area contributed by atoms with Crippen LogP contribution < -0.4 is 5.73 Å². The van der Waals surface area contributed by atoms with Gasteiger partial charge in [0.05, 0.1) is 6.54 Å². The SMILES string of the molecule is CCCc1nc(CN(C)CCN)no1. The first kappa shape index (κ1) is 11.1. The molecule has 0 aromatic carbocycles. The van der Waals surface area contributed by atoms with E-state index in [1.54, 1.807) is 0 Å². The predicted octanol–water partition coefficient (Wildman–Crippen LogP) is 0.413. The maximum atomic E-state index is 5.43. The van der Waals surface area contributed by atoms with Crippen molar-refractivity contribution < 1.29 is 4.52 Å². The highest BCUT2D eigenvalue weighted by molar-refractivity contribution is 4.86. The molecule has 0 amide bonds. The van der Waals surface area contributed by atoms with Gasteiger partial charge in [0, 0.05) is 19.5 Å². The smallest absolute Gasteiger partial charge is 0.226 e. The quantitative estimate of drug-likeness (QED) is 0.717. The Kier molecular flexibility index (Phi) is 4.55. The highest BCUT2D eigenvalue weighted by Gasteiger charge is 2.07. The van der Waals surface area contributed by atoms with Crippen molar-refractivity contribution in [1.82, 2.24) is 15.0 Å². The Morgan fingerprint density at radius 2 is 2.29 bits per heavy atom. The molecule has 1 rings (SSSR count). The first-order chi connectivity index (χ1) is 6.76. The average molecular weight is 198 g/mol. The van der Waals surface area contributed by atoms with Gasteiger partial charge in [0.2, 0.25) is 5.89 Å². The molecule has 0 fully saturated rings. The van der Waals surface area contributed by atoms with E-state index in [9.17, 15) is 0 Å². The molecule has 80 valence electrons. The van der Waals surface area contributed by atoms with Crippen molar-refractivity contribution in [3.8, 4) is 0 Å². The van der Waals surface area contributed by atoms with Crippen LogP contribution in [0.2, 0.25) is 0 Å². The second-order valence-corrected chi connectivity index (χ2v) is 3.38. The lowest BCUT2D eigenvalue weighted by atomic mass is 10.3. The third-order valence-electron chi connectivity index (χ3n) is 1.90. The third kappa shape index (κ3) is 3.43. The van der Waals surface area contributed by atoms with Crippen molar-refractivity contribution in [3.05, 3.63) is 11.7 Å². The Morgan fingerprint density at radius 3 is 2.93 bits per heavy atom. The van der Waals surface area contributed by atoms with Crippen LogP contribution in [0.4, 0.5) is 0 Å². The van der Waals surface area contributed by atoms with E-state index in [-0.39, 0.29) is 0 Å². The Bertz CT molecular complexity index is 261. The van der Waals surface area contributed by atoms with Crippen LogP contribution in [0.3, 0.4) is 0 Å². The Balaban J connectivity index is 2.42. The summed E-state index contributed by atoms with van der Waals surface area (Å²) in [5.74, 6) is 1.47. The second kappa shape index (κ2) is 5.72. The normalized spacial score (nSPS) is 11.1. The molecule has 0 saturated heterocycles. The summed E-state index contributed by atoms with van der Waals surface area (Å²) >= 11 is 0. The summed E-state index contributed by atoms with van der Waals surface area (Å²) in [5, 5.41) is 3.89. The third-order valence-corrected chi connectivity index (χ3v) is 1.90. The molecule has 0 saturated carbocycles. The molecule has 0 radical (unpaired) electrons. The monoisotopic (exact) mass is 198 g/mol. The summed E-state index contributed by atoms with van der Waals surface area (Å²) in [6.07, 6.45) is 1.88. The van der Waals surface area contributed by atoms with Crippen molar-refractivity contribution >= 4 is 0 Å².